The maximum absolute atomic E-state index is 6.06. The van der Waals surface area contributed by atoms with E-state index in [1.807, 2.05) is 19.2 Å². The minimum Gasteiger partial charge on any atom is -0.268 e. The van der Waals surface area contributed by atoms with Crippen LogP contribution in [0, 0.1) is 0 Å². The summed E-state index contributed by atoms with van der Waals surface area (Å²) in [6.45, 7) is 0. The van der Waals surface area contributed by atoms with Gasteiger partial charge in [0, 0.05) is 23.8 Å². The zero-order chi connectivity index (χ0) is 10.1. The lowest BCUT2D eigenvalue weighted by molar-refractivity contribution is 0.776. The van der Waals surface area contributed by atoms with E-state index in [2.05, 4.69) is 5.10 Å². The number of benzene rings is 1. The van der Waals surface area contributed by atoms with Gasteiger partial charge >= 0.3 is 0 Å². The molecule has 0 saturated heterocycles. The Morgan fingerprint density at radius 3 is 2.64 bits per heavy atom. The summed E-state index contributed by atoms with van der Waals surface area (Å²) >= 11 is 12.0. The van der Waals surface area contributed by atoms with Crippen molar-refractivity contribution in [2.45, 2.75) is 0 Å². The van der Waals surface area contributed by atoms with Crippen LogP contribution < -0.4 is 0 Å². The van der Waals surface area contributed by atoms with E-state index in [4.69, 9.17) is 23.2 Å². The van der Waals surface area contributed by atoms with Crippen molar-refractivity contribution >= 4 is 23.2 Å². The summed E-state index contributed by atoms with van der Waals surface area (Å²) in [5.74, 6) is 0. The van der Waals surface area contributed by atoms with E-state index in [1.54, 1.807) is 23.0 Å². The quantitative estimate of drug-likeness (QED) is 0.730. The van der Waals surface area contributed by atoms with Gasteiger partial charge in [-0.3, -0.25) is 4.68 Å². The monoisotopic (exact) mass is 226 g/mol. The summed E-state index contributed by atoms with van der Waals surface area (Å²) in [5.41, 5.74) is 1.86. The molecule has 0 bridgehead atoms. The summed E-state index contributed by atoms with van der Waals surface area (Å²) in [6, 6.07) is 7.29. The van der Waals surface area contributed by atoms with E-state index >= 15 is 0 Å². The predicted molar refractivity (Wildman–Crippen MR) is 58.7 cm³/mol. The lowest BCUT2D eigenvalue weighted by Gasteiger charge is -2.04. The second-order valence-corrected chi connectivity index (χ2v) is 3.81. The van der Waals surface area contributed by atoms with Crippen molar-refractivity contribution in [3.05, 3.63) is 40.5 Å². The van der Waals surface area contributed by atoms with Crippen molar-refractivity contribution in [1.29, 1.82) is 0 Å². The fourth-order valence-electron chi connectivity index (χ4n) is 1.33. The molecule has 0 N–H and O–H groups in total. The van der Waals surface area contributed by atoms with Gasteiger partial charge in [-0.25, -0.2) is 0 Å². The minimum absolute atomic E-state index is 0.672. The average Bonchev–Trinajstić information content (AvgIpc) is 2.56. The lowest BCUT2D eigenvalue weighted by atomic mass is 10.1. The van der Waals surface area contributed by atoms with Crippen molar-refractivity contribution in [2.75, 3.05) is 0 Å². The number of aryl methyl sites for hydroxylation is 1. The highest BCUT2D eigenvalue weighted by Crippen LogP contribution is 2.29. The van der Waals surface area contributed by atoms with Crippen molar-refractivity contribution in [3.8, 4) is 11.3 Å². The van der Waals surface area contributed by atoms with Crippen LogP contribution >= 0.6 is 23.2 Å². The van der Waals surface area contributed by atoms with Gasteiger partial charge < -0.3 is 0 Å². The Hall–Kier alpha value is -0.990. The summed E-state index contributed by atoms with van der Waals surface area (Å²) in [6.07, 6.45) is 1.73. The first-order valence-corrected chi connectivity index (χ1v) is 4.87. The predicted octanol–water partition coefficient (Wildman–Crippen LogP) is 3.39. The van der Waals surface area contributed by atoms with Gasteiger partial charge in [0.1, 0.15) is 0 Å². The number of halogens is 2. The molecular weight excluding hydrogens is 219 g/mol. The van der Waals surface area contributed by atoms with Crippen LogP contribution in [0.4, 0.5) is 0 Å². The fourth-order valence-corrected chi connectivity index (χ4v) is 1.72. The Labute approximate surface area is 92.1 Å². The van der Waals surface area contributed by atoms with Gasteiger partial charge in [0.15, 0.2) is 0 Å². The highest BCUT2D eigenvalue weighted by Gasteiger charge is 2.07. The van der Waals surface area contributed by atoms with E-state index in [0.717, 1.165) is 11.3 Å². The average molecular weight is 227 g/mol. The van der Waals surface area contributed by atoms with Gasteiger partial charge in [0.2, 0.25) is 0 Å². The number of aromatic nitrogens is 2. The van der Waals surface area contributed by atoms with Gasteiger partial charge in [-0.2, -0.15) is 5.10 Å². The topological polar surface area (TPSA) is 17.8 Å². The van der Waals surface area contributed by atoms with Crippen LogP contribution in [0.15, 0.2) is 30.5 Å². The first-order chi connectivity index (χ1) is 6.68. The molecule has 0 spiro atoms. The van der Waals surface area contributed by atoms with Crippen molar-refractivity contribution < 1.29 is 0 Å². The minimum atomic E-state index is 0.672. The molecule has 0 aliphatic rings. The summed E-state index contributed by atoms with van der Waals surface area (Å²) < 4.78 is 1.76. The Morgan fingerprint density at radius 1 is 1.21 bits per heavy atom. The van der Waals surface area contributed by atoms with Gasteiger partial charge in [-0.1, -0.05) is 23.2 Å². The first-order valence-electron chi connectivity index (χ1n) is 4.12. The van der Waals surface area contributed by atoms with Crippen LogP contribution in [0.1, 0.15) is 0 Å². The van der Waals surface area contributed by atoms with Crippen molar-refractivity contribution in [2.24, 2.45) is 7.05 Å². The molecule has 0 aliphatic carbocycles. The van der Waals surface area contributed by atoms with Crippen LogP contribution in [0.25, 0.3) is 11.3 Å². The molecule has 0 unspecified atom stereocenters. The number of hydrogen-bond acceptors (Lipinski definition) is 1. The second kappa shape index (κ2) is 3.64. The molecule has 1 aromatic carbocycles. The van der Waals surface area contributed by atoms with E-state index in [-0.39, 0.29) is 0 Å². The lowest BCUT2D eigenvalue weighted by Crippen LogP contribution is -1.93. The van der Waals surface area contributed by atoms with Gasteiger partial charge in [-0.05, 0) is 24.3 Å². The van der Waals surface area contributed by atoms with Gasteiger partial charge in [-0.15, -0.1) is 0 Å². The van der Waals surface area contributed by atoms with E-state index in [9.17, 15) is 0 Å². The first kappa shape index (κ1) is 9.56. The third kappa shape index (κ3) is 1.63. The van der Waals surface area contributed by atoms with Crippen LogP contribution in [0.3, 0.4) is 0 Å². The van der Waals surface area contributed by atoms with Crippen LogP contribution in [-0.2, 0) is 7.05 Å². The molecule has 14 heavy (non-hydrogen) atoms. The third-order valence-electron chi connectivity index (χ3n) is 2.03. The van der Waals surface area contributed by atoms with Crippen molar-refractivity contribution in [3.63, 3.8) is 0 Å². The van der Waals surface area contributed by atoms with E-state index in [0.29, 0.717) is 10.0 Å². The molecule has 2 rings (SSSR count). The summed E-state index contributed by atoms with van der Waals surface area (Å²) in [7, 11) is 1.87. The normalized spacial score (nSPS) is 10.5. The molecule has 72 valence electrons. The number of nitrogens with zero attached hydrogens (tertiary/aromatic N) is 2. The van der Waals surface area contributed by atoms with Crippen LogP contribution in [0.5, 0.6) is 0 Å². The smallest absolute Gasteiger partial charge is 0.0694 e. The van der Waals surface area contributed by atoms with Gasteiger partial charge in [0.05, 0.1) is 10.7 Å². The Kier molecular flexibility index (Phi) is 2.48. The Morgan fingerprint density at radius 2 is 2.00 bits per heavy atom. The largest absolute Gasteiger partial charge is 0.268 e. The molecular formula is C10H8Cl2N2. The maximum Gasteiger partial charge on any atom is 0.0694 e. The fraction of sp³-hybridized carbons (Fsp3) is 0.100. The second-order valence-electron chi connectivity index (χ2n) is 2.96. The highest BCUT2D eigenvalue weighted by molar-refractivity contribution is 6.35. The number of hydrogen-bond donors (Lipinski definition) is 0. The molecule has 0 radical (unpaired) electrons. The molecule has 1 heterocycles. The number of rotatable bonds is 1. The summed E-state index contributed by atoms with van der Waals surface area (Å²) in [5, 5.41) is 5.43. The van der Waals surface area contributed by atoms with Gasteiger partial charge in [0.25, 0.3) is 0 Å². The molecule has 2 nitrogen and oxygen atoms in total. The standard InChI is InChI=1S/C10H8Cl2N2/c1-14-10(4-5-13-14)8-6-7(11)2-3-9(8)12/h2-6H,1H3. The van der Waals surface area contributed by atoms with Crippen LogP contribution in [-0.4, -0.2) is 9.78 Å². The highest BCUT2D eigenvalue weighted by atomic mass is 35.5. The van der Waals surface area contributed by atoms with Crippen LogP contribution in [0.2, 0.25) is 10.0 Å². The molecule has 1 aromatic heterocycles. The molecule has 2 aromatic rings. The van der Waals surface area contributed by atoms with E-state index < -0.39 is 0 Å². The molecule has 0 fully saturated rings. The molecule has 0 amide bonds. The van der Waals surface area contributed by atoms with Crippen molar-refractivity contribution in [1.82, 2.24) is 9.78 Å². The zero-order valence-corrected chi connectivity index (χ0v) is 9.05. The Balaban J connectivity index is 2.62. The van der Waals surface area contributed by atoms with E-state index in [1.165, 1.54) is 0 Å². The molecule has 0 saturated carbocycles. The maximum atomic E-state index is 6.06. The molecule has 4 heteroatoms. The molecule has 0 atom stereocenters. The zero-order valence-electron chi connectivity index (χ0n) is 7.54. The Bertz CT molecular complexity index is 463. The summed E-state index contributed by atoms with van der Waals surface area (Å²) in [4.78, 5) is 0. The SMILES string of the molecule is Cn1nccc1-c1cc(Cl)ccc1Cl. The third-order valence-corrected chi connectivity index (χ3v) is 2.59. The molecule has 0 aliphatic heterocycles.